The summed E-state index contributed by atoms with van der Waals surface area (Å²) >= 11 is 0. The van der Waals surface area contributed by atoms with Crippen LogP contribution in [0.2, 0.25) is 0 Å². The van der Waals surface area contributed by atoms with Crippen LogP contribution in [0.3, 0.4) is 0 Å². The van der Waals surface area contributed by atoms with Crippen LogP contribution in [0.15, 0.2) is 12.4 Å². The van der Waals surface area contributed by atoms with Crippen LogP contribution in [0.25, 0.3) is 0 Å². The van der Waals surface area contributed by atoms with Gasteiger partial charge in [0.25, 0.3) is 5.91 Å². The molecule has 9 nitrogen and oxygen atoms in total. The third-order valence-corrected chi connectivity index (χ3v) is 5.66. The molecule has 0 radical (unpaired) electrons. The first-order valence-electron chi connectivity index (χ1n) is 10.2. The van der Waals surface area contributed by atoms with Gasteiger partial charge in [0.2, 0.25) is 11.9 Å². The molecule has 2 amide bonds. The number of rotatable bonds is 5. The quantitative estimate of drug-likeness (QED) is 0.812. The molecule has 0 bridgehead atoms. The first-order chi connectivity index (χ1) is 14.1. The van der Waals surface area contributed by atoms with Crippen molar-refractivity contribution in [2.24, 2.45) is 0 Å². The van der Waals surface area contributed by atoms with Gasteiger partial charge in [-0.15, -0.1) is 0 Å². The summed E-state index contributed by atoms with van der Waals surface area (Å²) in [5.41, 5.74) is 2.06. The number of fused-ring (bicyclic) bond motifs is 1. The number of carbonyl (C=O) groups is 2. The average Bonchev–Trinajstić information content (AvgIpc) is 3.44. The van der Waals surface area contributed by atoms with E-state index in [0.717, 1.165) is 49.4 Å². The molecule has 0 unspecified atom stereocenters. The minimum Gasteiger partial charge on any atom is -0.357 e. The third-order valence-electron chi connectivity index (χ3n) is 5.66. The minimum atomic E-state index is -0.0603. The highest BCUT2D eigenvalue weighted by atomic mass is 16.2. The Morgan fingerprint density at radius 1 is 1.14 bits per heavy atom. The predicted molar refractivity (Wildman–Crippen MR) is 107 cm³/mol. The Morgan fingerprint density at radius 2 is 1.93 bits per heavy atom. The van der Waals surface area contributed by atoms with Crippen LogP contribution < -0.4 is 5.32 Å². The van der Waals surface area contributed by atoms with Crippen LogP contribution in [0, 0.1) is 0 Å². The van der Waals surface area contributed by atoms with E-state index in [0.29, 0.717) is 31.2 Å². The molecule has 2 aliphatic rings. The summed E-state index contributed by atoms with van der Waals surface area (Å²) in [7, 11) is 1.75. The average molecular weight is 397 g/mol. The number of amides is 2. The lowest BCUT2D eigenvalue weighted by molar-refractivity contribution is -0.132. The Kier molecular flexibility index (Phi) is 5.46. The van der Waals surface area contributed by atoms with Gasteiger partial charge in [0.05, 0.1) is 5.69 Å². The van der Waals surface area contributed by atoms with E-state index in [1.165, 1.54) is 0 Å². The summed E-state index contributed by atoms with van der Waals surface area (Å²) in [6, 6.07) is 0. The molecule has 0 spiro atoms. The number of imidazole rings is 1. The predicted octanol–water partition coefficient (Wildman–Crippen LogP) is 1.10. The lowest BCUT2D eigenvalue weighted by Crippen LogP contribution is -2.40. The van der Waals surface area contributed by atoms with Crippen LogP contribution in [0.4, 0.5) is 5.95 Å². The molecule has 2 aliphatic heterocycles. The molecular formula is C20H27N7O2. The number of aryl methyl sites for hydroxylation is 1. The van der Waals surface area contributed by atoms with Crippen molar-refractivity contribution in [1.82, 2.24) is 29.3 Å². The van der Waals surface area contributed by atoms with Gasteiger partial charge in [-0.25, -0.2) is 15.0 Å². The molecule has 9 heteroatoms. The Balaban J connectivity index is 1.58. The molecule has 2 aromatic heterocycles. The van der Waals surface area contributed by atoms with Gasteiger partial charge in [-0.05, 0) is 12.8 Å². The normalized spacial score (nSPS) is 16.1. The number of anilines is 1. The fraction of sp³-hybridized carbons (Fsp3) is 0.550. The minimum absolute atomic E-state index is 0.0145. The van der Waals surface area contributed by atoms with E-state index in [1.807, 2.05) is 22.6 Å². The number of aromatic nitrogens is 4. The molecule has 4 heterocycles. The SMILES string of the molecule is CCc1nccn1CC(=O)N1CCc2nc(NC)nc(C(=O)N3CCCC3)c2C1. The van der Waals surface area contributed by atoms with Crippen LogP contribution in [-0.4, -0.2) is 67.8 Å². The Morgan fingerprint density at radius 3 is 2.66 bits per heavy atom. The van der Waals surface area contributed by atoms with Crippen molar-refractivity contribution in [3.8, 4) is 0 Å². The lowest BCUT2D eigenvalue weighted by Gasteiger charge is -2.30. The zero-order valence-electron chi connectivity index (χ0n) is 17.0. The van der Waals surface area contributed by atoms with Gasteiger partial charge in [-0.2, -0.15) is 0 Å². The topological polar surface area (TPSA) is 96.2 Å². The molecule has 4 rings (SSSR count). The highest BCUT2D eigenvalue weighted by Gasteiger charge is 2.30. The van der Waals surface area contributed by atoms with Crippen molar-refractivity contribution in [2.75, 3.05) is 32.0 Å². The van der Waals surface area contributed by atoms with Crippen LogP contribution in [0.5, 0.6) is 0 Å². The van der Waals surface area contributed by atoms with E-state index >= 15 is 0 Å². The Labute approximate surface area is 170 Å². The van der Waals surface area contributed by atoms with Crippen molar-refractivity contribution < 1.29 is 9.59 Å². The van der Waals surface area contributed by atoms with Crippen molar-refractivity contribution in [2.45, 2.75) is 45.7 Å². The van der Waals surface area contributed by atoms with Gasteiger partial charge < -0.3 is 19.7 Å². The highest BCUT2D eigenvalue weighted by Crippen LogP contribution is 2.24. The van der Waals surface area contributed by atoms with Crippen LogP contribution in [-0.2, 0) is 30.7 Å². The lowest BCUT2D eigenvalue weighted by atomic mass is 10.0. The number of hydrogen-bond donors (Lipinski definition) is 1. The van der Waals surface area contributed by atoms with E-state index < -0.39 is 0 Å². The van der Waals surface area contributed by atoms with Crippen LogP contribution >= 0.6 is 0 Å². The summed E-state index contributed by atoms with van der Waals surface area (Å²) in [4.78, 5) is 43.0. The number of nitrogens with zero attached hydrogens (tertiary/aromatic N) is 6. The fourth-order valence-corrected chi connectivity index (χ4v) is 4.03. The summed E-state index contributed by atoms with van der Waals surface area (Å²) in [5.74, 6) is 1.30. The molecule has 0 aromatic carbocycles. The monoisotopic (exact) mass is 397 g/mol. The second kappa shape index (κ2) is 8.18. The smallest absolute Gasteiger partial charge is 0.273 e. The molecule has 0 aliphatic carbocycles. The summed E-state index contributed by atoms with van der Waals surface area (Å²) in [5, 5.41) is 2.96. The zero-order chi connectivity index (χ0) is 20.4. The molecule has 154 valence electrons. The summed E-state index contributed by atoms with van der Waals surface area (Å²) in [6.07, 6.45) is 6.98. The van der Waals surface area contributed by atoms with Gasteiger partial charge >= 0.3 is 0 Å². The zero-order valence-corrected chi connectivity index (χ0v) is 17.0. The van der Waals surface area contributed by atoms with Crippen molar-refractivity contribution in [3.05, 3.63) is 35.2 Å². The highest BCUT2D eigenvalue weighted by molar-refractivity contribution is 5.94. The molecule has 2 aromatic rings. The molecule has 1 N–H and O–H groups in total. The molecule has 29 heavy (non-hydrogen) atoms. The van der Waals surface area contributed by atoms with Crippen molar-refractivity contribution >= 4 is 17.8 Å². The van der Waals surface area contributed by atoms with Gasteiger partial charge in [0.15, 0.2) is 0 Å². The Bertz CT molecular complexity index is 918. The van der Waals surface area contributed by atoms with E-state index in [9.17, 15) is 9.59 Å². The first kappa shape index (κ1) is 19.4. The summed E-state index contributed by atoms with van der Waals surface area (Å²) < 4.78 is 1.88. The number of carbonyl (C=O) groups excluding carboxylic acids is 2. The van der Waals surface area contributed by atoms with E-state index in [2.05, 4.69) is 20.3 Å². The van der Waals surface area contributed by atoms with Gasteiger partial charge in [0, 0.05) is 64.0 Å². The first-order valence-corrected chi connectivity index (χ1v) is 10.2. The molecule has 0 atom stereocenters. The molecular weight excluding hydrogens is 370 g/mol. The maximum atomic E-state index is 13.1. The maximum Gasteiger partial charge on any atom is 0.273 e. The largest absolute Gasteiger partial charge is 0.357 e. The number of nitrogens with one attached hydrogen (secondary N) is 1. The molecule has 1 saturated heterocycles. The standard InChI is InChI=1S/C20H27N7O2/c1-3-16-22-7-11-26(16)13-17(28)27-10-6-15-14(12-27)18(24-20(21-2)23-15)19(29)25-8-4-5-9-25/h7,11H,3-6,8-10,12-13H2,1-2H3,(H,21,23,24). The van der Waals surface area contributed by atoms with E-state index in [1.54, 1.807) is 18.1 Å². The van der Waals surface area contributed by atoms with Gasteiger partial charge in [-0.1, -0.05) is 6.92 Å². The Hall–Kier alpha value is -2.97. The summed E-state index contributed by atoms with van der Waals surface area (Å²) in [6.45, 7) is 4.74. The van der Waals surface area contributed by atoms with Crippen molar-refractivity contribution in [3.63, 3.8) is 0 Å². The van der Waals surface area contributed by atoms with E-state index in [4.69, 9.17) is 0 Å². The van der Waals surface area contributed by atoms with Gasteiger partial charge in [0.1, 0.15) is 18.1 Å². The fourth-order valence-electron chi connectivity index (χ4n) is 4.03. The second-order valence-electron chi connectivity index (χ2n) is 7.46. The third kappa shape index (κ3) is 3.81. The molecule has 0 saturated carbocycles. The van der Waals surface area contributed by atoms with E-state index in [-0.39, 0.29) is 18.4 Å². The van der Waals surface area contributed by atoms with Crippen molar-refractivity contribution in [1.29, 1.82) is 0 Å². The second-order valence-corrected chi connectivity index (χ2v) is 7.46. The molecule has 1 fully saturated rings. The number of likely N-dealkylation sites (tertiary alicyclic amines) is 1. The van der Waals surface area contributed by atoms with Gasteiger partial charge in [-0.3, -0.25) is 9.59 Å². The van der Waals surface area contributed by atoms with Crippen LogP contribution in [0.1, 0.15) is 47.3 Å². The maximum absolute atomic E-state index is 13.1. The number of hydrogen-bond acceptors (Lipinski definition) is 6.